The summed E-state index contributed by atoms with van der Waals surface area (Å²) in [4.78, 5) is 30.2. The molecule has 0 saturated carbocycles. The van der Waals surface area contributed by atoms with Crippen LogP contribution in [0.1, 0.15) is 51.4 Å². The number of H-pyrrole nitrogens is 1. The van der Waals surface area contributed by atoms with Crippen LogP contribution in [-0.2, 0) is 0 Å². The van der Waals surface area contributed by atoms with Crippen molar-refractivity contribution in [2.24, 2.45) is 5.10 Å². The molecule has 0 aliphatic carbocycles. The Bertz CT molecular complexity index is 1990. The highest BCUT2D eigenvalue weighted by molar-refractivity contribution is 9.11. The number of ether oxygens (including phenoxy) is 3. The summed E-state index contributed by atoms with van der Waals surface area (Å²) in [6, 6.07) is 19.8. The lowest BCUT2D eigenvalue weighted by Crippen LogP contribution is -2.19. The fraction of sp³-hybridized carbons (Fsp3) is 0.171. The molecular formula is C35H30Br2ClN3O5. The molecule has 4 aromatic carbocycles. The molecule has 1 amide bonds. The molecule has 236 valence electrons. The Labute approximate surface area is 288 Å². The lowest BCUT2D eigenvalue weighted by atomic mass is 9.99. The van der Waals surface area contributed by atoms with E-state index in [4.69, 9.17) is 25.8 Å². The van der Waals surface area contributed by atoms with Gasteiger partial charge in [-0.3, -0.25) is 4.79 Å². The smallest absolute Gasteiger partial charge is 0.343 e. The van der Waals surface area contributed by atoms with Gasteiger partial charge in [-0.15, -0.1) is 0 Å². The fourth-order valence-corrected chi connectivity index (χ4v) is 6.67. The Morgan fingerprint density at radius 1 is 0.957 bits per heavy atom. The second-order valence-electron chi connectivity index (χ2n) is 10.3. The highest BCUT2D eigenvalue weighted by Crippen LogP contribution is 2.38. The fourth-order valence-electron chi connectivity index (χ4n) is 5.10. The third-order valence-electron chi connectivity index (χ3n) is 7.00. The Balaban J connectivity index is 1.45. The number of hydrogen-bond acceptors (Lipinski definition) is 6. The minimum atomic E-state index is -0.612. The van der Waals surface area contributed by atoms with Crippen molar-refractivity contribution in [2.75, 3.05) is 13.2 Å². The molecule has 5 aromatic rings. The SMILES string of the molecule is CCOc1ccc(C(=O)Oc2c(Br)cc(Br)cc2C=NNC(=O)c2[nH]c3c(C)cc(C)cc3c2-c2ccccc2Cl)cc1OCC. The molecule has 0 saturated heterocycles. The summed E-state index contributed by atoms with van der Waals surface area (Å²) in [6.07, 6.45) is 1.41. The molecule has 0 aliphatic rings. The van der Waals surface area contributed by atoms with E-state index in [1.54, 1.807) is 36.4 Å². The minimum Gasteiger partial charge on any atom is -0.490 e. The highest BCUT2D eigenvalue weighted by Gasteiger charge is 2.22. The van der Waals surface area contributed by atoms with E-state index in [0.29, 0.717) is 55.5 Å². The van der Waals surface area contributed by atoms with E-state index in [1.165, 1.54) is 6.21 Å². The first-order valence-corrected chi connectivity index (χ1v) is 16.4. The molecule has 5 rings (SSSR count). The number of amides is 1. The van der Waals surface area contributed by atoms with Crippen LogP contribution in [0.5, 0.6) is 17.2 Å². The number of nitrogens with one attached hydrogen (secondary N) is 2. The zero-order valence-electron chi connectivity index (χ0n) is 25.5. The van der Waals surface area contributed by atoms with Gasteiger partial charge in [0.1, 0.15) is 5.69 Å². The van der Waals surface area contributed by atoms with Crippen molar-refractivity contribution in [3.8, 4) is 28.4 Å². The van der Waals surface area contributed by atoms with Crippen molar-refractivity contribution >= 4 is 72.5 Å². The van der Waals surface area contributed by atoms with E-state index in [9.17, 15) is 9.59 Å². The molecule has 2 N–H and O–H groups in total. The van der Waals surface area contributed by atoms with Crippen LogP contribution in [-0.4, -0.2) is 36.3 Å². The van der Waals surface area contributed by atoms with Gasteiger partial charge in [0.2, 0.25) is 0 Å². The number of nitrogens with zero attached hydrogens (tertiary/aromatic N) is 1. The quantitative estimate of drug-likeness (QED) is 0.0639. The standard InChI is InChI=1S/C35H30Br2ClN3O5/c1-5-44-28-12-11-21(16-29(28)45-6-2)35(43)46-33-22(15-23(36)17-26(33)37)18-39-41-34(42)32-30(24-9-7-8-10-27(24)38)25-14-19(3)13-20(4)31(25)40-32/h7-18,40H,5-6H2,1-4H3,(H,41,42). The molecule has 8 nitrogen and oxygen atoms in total. The number of carbonyl (C=O) groups excluding carboxylic acids is 2. The van der Waals surface area contributed by atoms with Crippen LogP contribution in [0.15, 0.2) is 80.8 Å². The summed E-state index contributed by atoms with van der Waals surface area (Å²) in [7, 11) is 0. The molecular weight excluding hydrogens is 738 g/mol. The van der Waals surface area contributed by atoms with Gasteiger partial charge in [0.25, 0.3) is 5.91 Å². The number of benzene rings is 4. The lowest BCUT2D eigenvalue weighted by Gasteiger charge is -2.13. The lowest BCUT2D eigenvalue weighted by molar-refractivity contribution is 0.0732. The normalized spacial score (nSPS) is 11.2. The van der Waals surface area contributed by atoms with Gasteiger partial charge in [-0.2, -0.15) is 5.10 Å². The number of aromatic amines is 1. The molecule has 1 aromatic heterocycles. The summed E-state index contributed by atoms with van der Waals surface area (Å²) in [5.74, 6) is 0.110. The van der Waals surface area contributed by atoms with Crippen LogP contribution in [0.2, 0.25) is 5.02 Å². The Kier molecular flexibility index (Phi) is 10.5. The Morgan fingerprint density at radius 2 is 1.70 bits per heavy atom. The molecule has 0 atom stereocenters. The predicted octanol–water partition coefficient (Wildman–Crippen LogP) is 9.41. The first kappa shape index (κ1) is 33.2. The van der Waals surface area contributed by atoms with E-state index >= 15 is 0 Å². The van der Waals surface area contributed by atoms with Crippen LogP contribution < -0.4 is 19.6 Å². The topological polar surface area (TPSA) is 102 Å². The number of halogens is 3. The van der Waals surface area contributed by atoms with Crippen molar-refractivity contribution in [3.63, 3.8) is 0 Å². The van der Waals surface area contributed by atoms with E-state index < -0.39 is 11.9 Å². The highest BCUT2D eigenvalue weighted by atomic mass is 79.9. The van der Waals surface area contributed by atoms with Crippen molar-refractivity contribution in [1.82, 2.24) is 10.4 Å². The first-order chi connectivity index (χ1) is 22.1. The number of aryl methyl sites for hydroxylation is 2. The molecule has 11 heteroatoms. The average molecular weight is 768 g/mol. The van der Waals surface area contributed by atoms with Crippen molar-refractivity contribution in [3.05, 3.63) is 109 Å². The number of hydrogen-bond donors (Lipinski definition) is 2. The van der Waals surface area contributed by atoms with Gasteiger partial charge >= 0.3 is 5.97 Å². The average Bonchev–Trinajstić information content (AvgIpc) is 3.39. The second-order valence-corrected chi connectivity index (χ2v) is 12.5. The summed E-state index contributed by atoms with van der Waals surface area (Å²) in [6.45, 7) is 8.57. The Morgan fingerprint density at radius 3 is 2.43 bits per heavy atom. The second kappa shape index (κ2) is 14.5. The van der Waals surface area contributed by atoms with E-state index in [2.05, 4.69) is 47.4 Å². The largest absolute Gasteiger partial charge is 0.490 e. The molecule has 0 aliphatic heterocycles. The number of fused-ring (bicyclic) bond motifs is 1. The van der Waals surface area contributed by atoms with Gasteiger partial charge in [0.15, 0.2) is 17.2 Å². The van der Waals surface area contributed by atoms with Crippen LogP contribution in [0.4, 0.5) is 0 Å². The minimum absolute atomic E-state index is 0.214. The number of carbonyl (C=O) groups is 2. The molecule has 0 fully saturated rings. The number of aromatic nitrogens is 1. The van der Waals surface area contributed by atoms with Crippen molar-refractivity contribution < 1.29 is 23.8 Å². The zero-order chi connectivity index (χ0) is 33.0. The summed E-state index contributed by atoms with van der Waals surface area (Å²) in [5.41, 5.74) is 7.93. The van der Waals surface area contributed by atoms with Gasteiger partial charge in [-0.25, -0.2) is 10.2 Å². The first-order valence-electron chi connectivity index (χ1n) is 14.4. The zero-order valence-corrected chi connectivity index (χ0v) is 29.4. The monoisotopic (exact) mass is 765 g/mol. The summed E-state index contributed by atoms with van der Waals surface area (Å²) in [5, 5.41) is 5.63. The maximum atomic E-state index is 13.6. The molecule has 0 spiro atoms. The summed E-state index contributed by atoms with van der Waals surface area (Å²) < 4.78 is 18.3. The predicted molar refractivity (Wildman–Crippen MR) is 189 cm³/mol. The third-order valence-corrected chi connectivity index (χ3v) is 8.38. The van der Waals surface area contributed by atoms with Gasteiger partial charge < -0.3 is 19.2 Å². The van der Waals surface area contributed by atoms with E-state index in [-0.39, 0.29) is 11.3 Å². The van der Waals surface area contributed by atoms with Gasteiger partial charge in [-0.1, -0.05) is 57.4 Å². The van der Waals surface area contributed by atoms with Crippen LogP contribution in [0.25, 0.3) is 22.0 Å². The number of hydrazone groups is 1. The van der Waals surface area contributed by atoms with Crippen molar-refractivity contribution in [1.29, 1.82) is 0 Å². The maximum Gasteiger partial charge on any atom is 0.343 e. The van der Waals surface area contributed by atoms with Crippen LogP contribution in [0.3, 0.4) is 0 Å². The maximum absolute atomic E-state index is 13.6. The Hall–Kier alpha value is -4.12. The summed E-state index contributed by atoms with van der Waals surface area (Å²) >= 11 is 13.6. The van der Waals surface area contributed by atoms with Crippen LogP contribution >= 0.6 is 43.5 Å². The van der Waals surface area contributed by atoms with E-state index in [1.807, 2.05) is 58.0 Å². The molecule has 0 radical (unpaired) electrons. The number of rotatable bonds is 10. The van der Waals surface area contributed by atoms with Gasteiger partial charge in [0.05, 0.1) is 29.5 Å². The molecule has 46 heavy (non-hydrogen) atoms. The third kappa shape index (κ3) is 7.14. The van der Waals surface area contributed by atoms with Gasteiger partial charge in [0, 0.05) is 37.1 Å². The van der Waals surface area contributed by atoms with Crippen molar-refractivity contribution in [2.45, 2.75) is 27.7 Å². The molecule has 0 unspecified atom stereocenters. The van der Waals surface area contributed by atoms with Gasteiger partial charge in [-0.05, 0) is 91.7 Å². The van der Waals surface area contributed by atoms with Crippen LogP contribution in [0, 0.1) is 13.8 Å². The van der Waals surface area contributed by atoms with E-state index in [0.717, 1.165) is 27.6 Å². The molecule has 0 bridgehead atoms. The molecule has 1 heterocycles. The number of esters is 1.